The number of carbonyl (C=O) groups excluding carboxylic acids is 2. The molecule has 21 heavy (non-hydrogen) atoms. The van der Waals surface area contributed by atoms with Crippen LogP contribution in [-0.4, -0.2) is 35.9 Å². The summed E-state index contributed by atoms with van der Waals surface area (Å²) in [5, 5.41) is 8.42. The average Bonchev–Trinajstić information content (AvgIpc) is 2.36. The molecule has 0 aliphatic carbocycles. The fraction of sp³-hybridized carbons (Fsp3) is 0.500. The van der Waals surface area contributed by atoms with Crippen LogP contribution >= 0.6 is 15.9 Å². The van der Waals surface area contributed by atoms with E-state index < -0.39 is 0 Å². The molecule has 1 heterocycles. The first-order valence-electron chi connectivity index (χ1n) is 6.65. The molecular formula is C14H21BrN4O2. The molecule has 7 heteroatoms. The number of aromatic nitrogens is 1. The van der Waals surface area contributed by atoms with Crippen molar-refractivity contribution in [2.45, 2.75) is 32.7 Å². The summed E-state index contributed by atoms with van der Waals surface area (Å²) < 4.78 is 0.720. The van der Waals surface area contributed by atoms with Crippen LogP contribution in [0.4, 0.5) is 5.82 Å². The van der Waals surface area contributed by atoms with Crippen LogP contribution in [0.5, 0.6) is 0 Å². The molecule has 6 nitrogen and oxygen atoms in total. The highest BCUT2D eigenvalue weighted by Crippen LogP contribution is 2.17. The van der Waals surface area contributed by atoms with Gasteiger partial charge in [0.15, 0.2) is 0 Å². The minimum atomic E-state index is -0.269. The van der Waals surface area contributed by atoms with Crippen molar-refractivity contribution in [3.8, 4) is 0 Å². The van der Waals surface area contributed by atoms with Crippen LogP contribution in [0.15, 0.2) is 16.7 Å². The lowest BCUT2D eigenvalue weighted by Gasteiger charge is -2.20. The van der Waals surface area contributed by atoms with Gasteiger partial charge >= 0.3 is 0 Å². The maximum atomic E-state index is 12.1. The summed E-state index contributed by atoms with van der Waals surface area (Å²) in [5.74, 6) is 0.135. The maximum Gasteiger partial charge on any atom is 0.255 e. The Morgan fingerprint density at radius 3 is 2.57 bits per heavy atom. The molecule has 116 valence electrons. The molecular weight excluding hydrogens is 336 g/mol. The topological polar surface area (TPSA) is 83.1 Å². The molecule has 1 rings (SSSR count). The number of anilines is 1. The van der Waals surface area contributed by atoms with Gasteiger partial charge in [0.1, 0.15) is 5.82 Å². The van der Waals surface area contributed by atoms with Crippen molar-refractivity contribution in [2.75, 3.05) is 18.9 Å². The number of nitrogens with one attached hydrogen (secondary N) is 3. The number of hydrogen-bond donors (Lipinski definition) is 3. The van der Waals surface area contributed by atoms with Crippen molar-refractivity contribution in [3.63, 3.8) is 0 Å². The zero-order valence-corrected chi connectivity index (χ0v) is 14.3. The summed E-state index contributed by atoms with van der Waals surface area (Å²) >= 11 is 3.28. The molecule has 1 aromatic rings. The Morgan fingerprint density at radius 2 is 2.00 bits per heavy atom. The van der Waals surface area contributed by atoms with Crippen LogP contribution in [0.1, 0.15) is 37.6 Å². The van der Waals surface area contributed by atoms with Crippen LogP contribution in [-0.2, 0) is 4.79 Å². The molecule has 0 aliphatic heterocycles. The van der Waals surface area contributed by atoms with Gasteiger partial charge in [-0.05, 0) is 42.8 Å². The molecule has 0 unspecified atom stereocenters. The Labute approximate surface area is 133 Å². The second-order valence-corrected chi connectivity index (χ2v) is 6.52. The van der Waals surface area contributed by atoms with E-state index in [0.717, 1.165) is 4.47 Å². The van der Waals surface area contributed by atoms with Crippen molar-refractivity contribution in [1.29, 1.82) is 0 Å². The quantitative estimate of drug-likeness (QED) is 0.752. The zero-order chi connectivity index (χ0) is 16.0. The number of carbonyl (C=O) groups is 2. The highest BCUT2D eigenvalue weighted by molar-refractivity contribution is 9.10. The van der Waals surface area contributed by atoms with Crippen LogP contribution in [0.25, 0.3) is 0 Å². The Morgan fingerprint density at radius 1 is 1.33 bits per heavy atom. The van der Waals surface area contributed by atoms with E-state index in [9.17, 15) is 9.59 Å². The molecule has 0 aromatic carbocycles. The standard InChI is InChI=1S/C14H21BrN4O2/c1-14(2,3)19-11(20)5-6-17-13(21)10-7-9(15)8-18-12(10)16-4/h7-8H,5-6H2,1-4H3,(H,16,18)(H,17,21)(H,19,20). The molecule has 0 bridgehead atoms. The molecule has 0 aliphatic rings. The van der Waals surface area contributed by atoms with E-state index in [4.69, 9.17) is 0 Å². The van der Waals surface area contributed by atoms with E-state index >= 15 is 0 Å². The third-order valence-electron chi connectivity index (χ3n) is 2.49. The van der Waals surface area contributed by atoms with Gasteiger partial charge in [0.25, 0.3) is 5.91 Å². The number of pyridine rings is 1. The van der Waals surface area contributed by atoms with Gasteiger partial charge in [-0.3, -0.25) is 9.59 Å². The maximum absolute atomic E-state index is 12.1. The van der Waals surface area contributed by atoms with Gasteiger partial charge in [0, 0.05) is 36.2 Å². The van der Waals surface area contributed by atoms with Crippen molar-refractivity contribution in [3.05, 3.63) is 22.3 Å². The van der Waals surface area contributed by atoms with Gasteiger partial charge < -0.3 is 16.0 Å². The van der Waals surface area contributed by atoms with Crippen molar-refractivity contribution in [2.24, 2.45) is 0 Å². The summed E-state index contributed by atoms with van der Waals surface area (Å²) in [6.07, 6.45) is 1.85. The summed E-state index contributed by atoms with van der Waals surface area (Å²) in [4.78, 5) is 27.9. The fourth-order valence-electron chi connectivity index (χ4n) is 1.68. The van der Waals surface area contributed by atoms with Crippen LogP contribution in [0.2, 0.25) is 0 Å². The van der Waals surface area contributed by atoms with Crippen molar-refractivity contribution >= 4 is 33.6 Å². The molecule has 0 radical (unpaired) electrons. The first-order chi connectivity index (χ1) is 9.73. The number of rotatable bonds is 5. The van der Waals surface area contributed by atoms with Gasteiger partial charge in [-0.15, -0.1) is 0 Å². The number of hydrogen-bond acceptors (Lipinski definition) is 4. The van der Waals surface area contributed by atoms with E-state index in [1.807, 2.05) is 20.8 Å². The summed E-state index contributed by atoms with van der Waals surface area (Å²) in [7, 11) is 1.70. The summed E-state index contributed by atoms with van der Waals surface area (Å²) in [6, 6.07) is 1.68. The largest absolute Gasteiger partial charge is 0.372 e. The third kappa shape index (κ3) is 6.12. The average molecular weight is 357 g/mol. The Bertz CT molecular complexity index is 526. The normalized spacial score (nSPS) is 10.9. The Hall–Kier alpha value is -1.63. The predicted molar refractivity (Wildman–Crippen MR) is 86.3 cm³/mol. The summed E-state index contributed by atoms with van der Waals surface area (Å²) in [5.41, 5.74) is 0.164. The lowest BCUT2D eigenvalue weighted by Crippen LogP contribution is -2.42. The van der Waals surface area contributed by atoms with E-state index in [2.05, 4.69) is 36.9 Å². The predicted octanol–water partition coefficient (Wildman–Crippen LogP) is 1.92. The van der Waals surface area contributed by atoms with E-state index in [1.54, 1.807) is 19.3 Å². The van der Waals surface area contributed by atoms with Crippen LogP contribution in [0.3, 0.4) is 0 Å². The molecule has 0 atom stereocenters. The molecule has 0 spiro atoms. The molecule has 0 saturated carbocycles. The summed E-state index contributed by atoms with van der Waals surface area (Å²) in [6.45, 7) is 6.01. The van der Waals surface area contributed by atoms with E-state index in [0.29, 0.717) is 11.4 Å². The molecule has 3 N–H and O–H groups in total. The molecule has 0 fully saturated rings. The first kappa shape index (κ1) is 17.4. The van der Waals surface area contributed by atoms with Crippen LogP contribution in [0, 0.1) is 0 Å². The van der Waals surface area contributed by atoms with Gasteiger partial charge in [0.2, 0.25) is 5.91 Å². The Balaban J connectivity index is 2.55. The Kier molecular flexibility index (Phi) is 6.14. The van der Waals surface area contributed by atoms with Crippen LogP contribution < -0.4 is 16.0 Å². The lowest BCUT2D eigenvalue weighted by molar-refractivity contribution is -0.122. The second kappa shape index (κ2) is 7.40. The molecule has 0 saturated heterocycles. The second-order valence-electron chi connectivity index (χ2n) is 5.60. The van der Waals surface area contributed by atoms with E-state index in [-0.39, 0.29) is 30.3 Å². The van der Waals surface area contributed by atoms with E-state index in [1.165, 1.54) is 0 Å². The monoisotopic (exact) mass is 356 g/mol. The van der Waals surface area contributed by atoms with Crippen molar-refractivity contribution in [1.82, 2.24) is 15.6 Å². The number of amides is 2. The smallest absolute Gasteiger partial charge is 0.255 e. The fourth-order valence-corrected chi connectivity index (χ4v) is 2.01. The molecule has 2 amide bonds. The zero-order valence-electron chi connectivity index (χ0n) is 12.7. The van der Waals surface area contributed by atoms with Crippen molar-refractivity contribution < 1.29 is 9.59 Å². The minimum absolute atomic E-state index is 0.0935. The molecule has 1 aromatic heterocycles. The highest BCUT2D eigenvalue weighted by Gasteiger charge is 2.15. The first-order valence-corrected chi connectivity index (χ1v) is 7.45. The van der Waals surface area contributed by atoms with Gasteiger partial charge in [0.05, 0.1) is 5.56 Å². The minimum Gasteiger partial charge on any atom is -0.372 e. The number of halogens is 1. The lowest BCUT2D eigenvalue weighted by atomic mass is 10.1. The number of nitrogens with zero attached hydrogens (tertiary/aromatic N) is 1. The van der Waals surface area contributed by atoms with Gasteiger partial charge in [-0.1, -0.05) is 0 Å². The van der Waals surface area contributed by atoms with Gasteiger partial charge in [-0.25, -0.2) is 4.98 Å². The highest BCUT2D eigenvalue weighted by atomic mass is 79.9. The SMILES string of the molecule is CNc1ncc(Br)cc1C(=O)NCCC(=O)NC(C)(C)C. The third-order valence-corrected chi connectivity index (χ3v) is 2.92. The van der Waals surface area contributed by atoms with Gasteiger partial charge in [-0.2, -0.15) is 0 Å².